The maximum absolute atomic E-state index is 13.3. The van der Waals surface area contributed by atoms with Crippen molar-refractivity contribution in [3.05, 3.63) is 110 Å². The van der Waals surface area contributed by atoms with Crippen LogP contribution in [0.15, 0.2) is 90.0 Å². The highest BCUT2D eigenvalue weighted by Crippen LogP contribution is 2.37. The van der Waals surface area contributed by atoms with Crippen LogP contribution < -0.4 is 19.6 Å². The van der Waals surface area contributed by atoms with Crippen LogP contribution in [0.4, 0.5) is 0 Å². The fourth-order valence-corrected chi connectivity index (χ4v) is 4.96. The van der Waals surface area contributed by atoms with Gasteiger partial charge in [-0.05, 0) is 94.9 Å². The van der Waals surface area contributed by atoms with Crippen LogP contribution in [0.25, 0.3) is 22.0 Å². The Labute approximate surface area is 254 Å². The monoisotopic (exact) mass is 679 g/mol. The van der Waals surface area contributed by atoms with Gasteiger partial charge in [0, 0.05) is 30.6 Å². The van der Waals surface area contributed by atoms with Crippen LogP contribution in [0.2, 0.25) is 5.02 Å². The van der Waals surface area contributed by atoms with Crippen LogP contribution in [0, 0.1) is 3.57 Å². The van der Waals surface area contributed by atoms with Crippen molar-refractivity contribution in [1.82, 2.24) is 10.4 Å². The fourth-order valence-electron chi connectivity index (χ4n) is 4.23. The van der Waals surface area contributed by atoms with Gasteiger partial charge in [0.25, 0.3) is 5.91 Å². The van der Waals surface area contributed by atoms with E-state index in [9.17, 15) is 9.59 Å². The number of carbonyl (C=O) groups excluding carboxylic acids is 2. The summed E-state index contributed by atoms with van der Waals surface area (Å²) in [4.78, 5) is 29.1. The Morgan fingerprint density at radius 3 is 2.44 bits per heavy atom. The summed E-state index contributed by atoms with van der Waals surface area (Å²) >= 11 is 8.75. The number of H-pyrrole nitrogens is 1. The largest absolute Gasteiger partial charge is 0.497 e. The molecule has 0 spiro atoms. The van der Waals surface area contributed by atoms with Crippen LogP contribution in [-0.4, -0.2) is 37.3 Å². The van der Waals surface area contributed by atoms with Crippen molar-refractivity contribution in [2.45, 2.75) is 0 Å². The summed E-state index contributed by atoms with van der Waals surface area (Å²) in [6.07, 6.45) is 1.47. The summed E-state index contributed by atoms with van der Waals surface area (Å²) in [6, 6.07) is 24.8. The van der Waals surface area contributed by atoms with Gasteiger partial charge < -0.3 is 19.2 Å². The van der Waals surface area contributed by atoms with Crippen molar-refractivity contribution in [3.63, 3.8) is 0 Å². The van der Waals surface area contributed by atoms with Gasteiger partial charge in [-0.1, -0.05) is 29.8 Å². The van der Waals surface area contributed by atoms with Crippen LogP contribution in [-0.2, 0) is 0 Å². The molecule has 0 aliphatic carbocycles. The lowest BCUT2D eigenvalue weighted by molar-refractivity contribution is 0.0729. The van der Waals surface area contributed by atoms with E-state index in [1.54, 1.807) is 55.6 Å². The number of aromatic nitrogens is 1. The predicted molar refractivity (Wildman–Crippen MR) is 167 cm³/mol. The lowest BCUT2D eigenvalue weighted by Crippen LogP contribution is -2.19. The van der Waals surface area contributed by atoms with Gasteiger partial charge in [-0.15, -0.1) is 0 Å². The van der Waals surface area contributed by atoms with Gasteiger partial charge in [0.1, 0.15) is 11.4 Å². The van der Waals surface area contributed by atoms with Crippen LogP contribution >= 0.6 is 34.2 Å². The molecule has 0 aliphatic rings. The number of carbonyl (C=O) groups is 2. The summed E-state index contributed by atoms with van der Waals surface area (Å²) in [5.41, 5.74) is 6.14. The average molecular weight is 680 g/mol. The van der Waals surface area contributed by atoms with E-state index in [2.05, 4.69) is 38.1 Å². The Balaban J connectivity index is 1.35. The van der Waals surface area contributed by atoms with E-state index >= 15 is 0 Å². The number of amides is 1. The quantitative estimate of drug-likeness (QED) is 0.0600. The van der Waals surface area contributed by atoms with E-state index in [1.165, 1.54) is 13.3 Å². The number of hydrogen-bond acceptors (Lipinski definition) is 6. The molecule has 0 saturated heterocycles. The van der Waals surface area contributed by atoms with Gasteiger partial charge in [0.15, 0.2) is 11.5 Å². The normalized spacial score (nSPS) is 11.0. The van der Waals surface area contributed by atoms with Crippen molar-refractivity contribution in [2.75, 3.05) is 14.2 Å². The molecule has 0 bridgehead atoms. The molecule has 0 aliphatic heterocycles. The van der Waals surface area contributed by atoms with Gasteiger partial charge in [-0.2, -0.15) is 5.10 Å². The number of hydrazone groups is 1. The second-order valence-electron chi connectivity index (χ2n) is 8.77. The number of ether oxygens (including phenoxy) is 3. The zero-order valence-corrected chi connectivity index (χ0v) is 24.8. The molecular weight excluding hydrogens is 657 g/mol. The molecule has 10 heteroatoms. The molecule has 0 saturated carbocycles. The maximum atomic E-state index is 13.3. The zero-order valence-electron chi connectivity index (χ0n) is 21.9. The lowest BCUT2D eigenvalue weighted by Gasteiger charge is -2.10. The van der Waals surface area contributed by atoms with Crippen LogP contribution in [0.5, 0.6) is 17.2 Å². The van der Waals surface area contributed by atoms with Gasteiger partial charge >= 0.3 is 5.97 Å². The van der Waals surface area contributed by atoms with Gasteiger partial charge in [0.05, 0.1) is 26.0 Å². The molecule has 206 valence electrons. The molecule has 0 fully saturated rings. The summed E-state index contributed by atoms with van der Waals surface area (Å²) in [5.74, 6) is 0.232. The Bertz CT molecular complexity index is 1780. The van der Waals surface area contributed by atoms with E-state index in [1.807, 2.05) is 36.4 Å². The third-order valence-corrected chi connectivity index (χ3v) is 7.23. The van der Waals surface area contributed by atoms with Crippen LogP contribution in [0.1, 0.15) is 26.4 Å². The zero-order chi connectivity index (χ0) is 28.9. The first-order chi connectivity index (χ1) is 19.9. The first-order valence-corrected chi connectivity index (χ1v) is 13.8. The summed E-state index contributed by atoms with van der Waals surface area (Å²) in [7, 11) is 3.02. The summed E-state index contributed by atoms with van der Waals surface area (Å²) < 4.78 is 17.1. The first kappa shape index (κ1) is 28.2. The lowest BCUT2D eigenvalue weighted by atomic mass is 10.0. The SMILES string of the molecule is COc1ccc(C(=O)Oc2ccc(C=NNC(=O)c3[nH]c4ccc(I)cc4c3-c3ccccc3Cl)cc2OC)cc1. The summed E-state index contributed by atoms with van der Waals surface area (Å²) in [5, 5.41) is 5.55. The Morgan fingerprint density at radius 2 is 1.71 bits per heavy atom. The van der Waals surface area contributed by atoms with Gasteiger partial charge in [-0.25, -0.2) is 10.2 Å². The number of rotatable bonds is 8. The first-order valence-electron chi connectivity index (χ1n) is 12.3. The standard InChI is InChI=1S/C31H23ClIN3O5/c1-39-21-11-8-19(9-12-21)31(38)41-26-14-7-18(15-27(26)40-2)17-34-36-30(37)29-28(22-5-3-4-6-24(22)32)23-16-20(33)10-13-25(23)35-29/h3-17,35H,1-2H3,(H,36,37). The average Bonchev–Trinajstić information content (AvgIpc) is 3.36. The third-order valence-electron chi connectivity index (χ3n) is 6.23. The fraction of sp³-hybridized carbons (Fsp3) is 0.0645. The smallest absolute Gasteiger partial charge is 0.343 e. The molecule has 2 N–H and O–H groups in total. The van der Waals surface area contributed by atoms with Crippen molar-refractivity contribution >= 4 is 63.2 Å². The molecule has 0 atom stereocenters. The number of nitrogens with one attached hydrogen (secondary N) is 2. The molecule has 5 rings (SSSR count). The topological polar surface area (TPSA) is 102 Å². The van der Waals surface area contributed by atoms with E-state index in [4.69, 9.17) is 25.8 Å². The van der Waals surface area contributed by atoms with Gasteiger partial charge in [0.2, 0.25) is 0 Å². The Morgan fingerprint density at radius 1 is 0.927 bits per heavy atom. The molecule has 1 amide bonds. The number of benzene rings is 4. The number of fused-ring (bicyclic) bond motifs is 1. The molecular formula is C31H23ClIN3O5. The van der Waals surface area contributed by atoms with E-state index in [0.717, 1.165) is 20.0 Å². The van der Waals surface area contributed by atoms with Crippen molar-refractivity contribution in [2.24, 2.45) is 5.10 Å². The van der Waals surface area contributed by atoms with Gasteiger partial charge in [-0.3, -0.25) is 4.79 Å². The molecule has 4 aromatic carbocycles. The molecule has 8 nitrogen and oxygen atoms in total. The second kappa shape index (κ2) is 12.4. The Kier molecular flexibility index (Phi) is 8.55. The van der Waals surface area contributed by atoms with Crippen molar-refractivity contribution in [3.8, 4) is 28.4 Å². The van der Waals surface area contributed by atoms with Crippen molar-refractivity contribution in [1.29, 1.82) is 0 Å². The highest BCUT2D eigenvalue weighted by atomic mass is 127. The molecule has 0 unspecified atom stereocenters. The minimum Gasteiger partial charge on any atom is -0.497 e. The Hall–Kier alpha value is -4.35. The third kappa shape index (κ3) is 6.21. The number of aromatic amines is 1. The molecule has 1 aromatic heterocycles. The summed E-state index contributed by atoms with van der Waals surface area (Å²) in [6.45, 7) is 0. The maximum Gasteiger partial charge on any atom is 0.343 e. The molecule has 1 heterocycles. The van der Waals surface area contributed by atoms with E-state index in [0.29, 0.717) is 38.9 Å². The number of methoxy groups -OCH3 is 2. The highest BCUT2D eigenvalue weighted by molar-refractivity contribution is 14.1. The molecule has 41 heavy (non-hydrogen) atoms. The highest BCUT2D eigenvalue weighted by Gasteiger charge is 2.21. The van der Waals surface area contributed by atoms with E-state index < -0.39 is 11.9 Å². The predicted octanol–water partition coefficient (Wildman–Crippen LogP) is 7.09. The van der Waals surface area contributed by atoms with Crippen LogP contribution in [0.3, 0.4) is 0 Å². The minimum atomic E-state index is -0.540. The molecule has 5 aromatic rings. The number of hydrogen-bond donors (Lipinski definition) is 2. The number of halogens is 2. The minimum absolute atomic E-state index is 0.242. The van der Waals surface area contributed by atoms with Crippen molar-refractivity contribution < 1.29 is 23.8 Å². The number of esters is 1. The second-order valence-corrected chi connectivity index (χ2v) is 10.4. The van der Waals surface area contributed by atoms with E-state index in [-0.39, 0.29) is 5.75 Å². The molecule has 0 radical (unpaired) electrons. The number of nitrogens with zero attached hydrogens (tertiary/aromatic N) is 1.